The summed E-state index contributed by atoms with van der Waals surface area (Å²) >= 11 is 0. The number of nitrogens with zero attached hydrogens (tertiary/aromatic N) is 2. The summed E-state index contributed by atoms with van der Waals surface area (Å²) in [5.74, 6) is 0. The van der Waals surface area contributed by atoms with Crippen LogP contribution in [0, 0.1) is 0 Å². The van der Waals surface area contributed by atoms with Crippen LogP contribution in [0.15, 0.2) is 103 Å². The van der Waals surface area contributed by atoms with Crippen molar-refractivity contribution in [1.82, 2.24) is 20.5 Å². The van der Waals surface area contributed by atoms with Gasteiger partial charge in [0.1, 0.15) is 0 Å². The standard InChI is InChI=1S/C35H40N4O4/c1-39(20-18-31-9-5-6-19-36-31)24-32-21-33(29-14-12-28(25-40)13-15-29)43-34(42-32)30-16-10-27(11-17-30)23-38-35(41)37-22-26-7-3-2-4-8-26/h2-17,19,32-34,40H,18,20-25H2,1H3,(H2,37,38,41)/t32-,33+,34+/m0/s1. The Kier molecular flexibility index (Phi) is 10.9. The normalized spacial score (nSPS) is 18.3. The fourth-order valence-corrected chi connectivity index (χ4v) is 5.14. The molecule has 1 aliphatic rings. The Morgan fingerprint density at radius 3 is 2.16 bits per heavy atom. The molecule has 1 aromatic heterocycles. The minimum atomic E-state index is -0.526. The number of pyridine rings is 1. The second kappa shape index (κ2) is 15.4. The highest BCUT2D eigenvalue weighted by molar-refractivity contribution is 5.73. The number of hydrogen-bond acceptors (Lipinski definition) is 6. The van der Waals surface area contributed by atoms with Gasteiger partial charge in [0.05, 0.1) is 18.8 Å². The van der Waals surface area contributed by atoms with Crippen LogP contribution in [0.1, 0.15) is 52.3 Å². The van der Waals surface area contributed by atoms with Gasteiger partial charge >= 0.3 is 6.03 Å². The molecule has 3 atom stereocenters. The van der Waals surface area contributed by atoms with Crippen molar-refractivity contribution in [3.8, 4) is 0 Å². The van der Waals surface area contributed by atoms with Crippen LogP contribution in [0.25, 0.3) is 0 Å². The number of ether oxygens (including phenoxy) is 2. The molecular formula is C35H40N4O4. The molecule has 8 nitrogen and oxygen atoms in total. The molecule has 0 aliphatic carbocycles. The van der Waals surface area contributed by atoms with E-state index in [1.807, 2.05) is 97.2 Å². The maximum absolute atomic E-state index is 12.3. The van der Waals surface area contributed by atoms with E-state index in [0.717, 1.165) is 59.4 Å². The molecule has 4 aromatic rings. The number of carbonyl (C=O) groups excluding carboxylic acids is 1. The van der Waals surface area contributed by atoms with Crippen LogP contribution in [-0.2, 0) is 35.6 Å². The third-order valence-electron chi connectivity index (χ3n) is 7.61. The van der Waals surface area contributed by atoms with Gasteiger partial charge in [0.15, 0.2) is 6.29 Å². The number of hydrogen-bond donors (Lipinski definition) is 3. The number of nitrogens with one attached hydrogen (secondary N) is 2. The highest BCUT2D eigenvalue weighted by atomic mass is 16.7. The molecule has 3 aromatic carbocycles. The monoisotopic (exact) mass is 580 g/mol. The van der Waals surface area contributed by atoms with E-state index in [9.17, 15) is 9.90 Å². The van der Waals surface area contributed by atoms with E-state index in [2.05, 4.69) is 33.6 Å². The maximum Gasteiger partial charge on any atom is 0.315 e. The molecule has 1 aliphatic heterocycles. The maximum atomic E-state index is 12.3. The lowest BCUT2D eigenvalue weighted by molar-refractivity contribution is -0.252. The second-order valence-corrected chi connectivity index (χ2v) is 10.9. The summed E-state index contributed by atoms with van der Waals surface area (Å²) in [7, 11) is 2.11. The molecule has 0 bridgehead atoms. The van der Waals surface area contributed by atoms with Gasteiger partial charge < -0.3 is 30.1 Å². The number of likely N-dealkylation sites (N-methyl/N-ethyl adjacent to an activating group) is 1. The van der Waals surface area contributed by atoms with Gasteiger partial charge in [-0.3, -0.25) is 4.98 Å². The van der Waals surface area contributed by atoms with Crippen molar-refractivity contribution < 1.29 is 19.4 Å². The summed E-state index contributed by atoms with van der Waals surface area (Å²) in [6.45, 7) is 2.54. The average molecular weight is 581 g/mol. The Morgan fingerprint density at radius 1 is 0.837 bits per heavy atom. The summed E-state index contributed by atoms with van der Waals surface area (Å²) in [4.78, 5) is 19.0. The zero-order valence-corrected chi connectivity index (χ0v) is 24.6. The molecule has 0 radical (unpaired) electrons. The average Bonchev–Trinajstić information content (AvgIpc) is 3.06. The fourth-order valence-electron chi connectivity index (χ4n) is 5.14. The van der Waals surface area contributed by atoms with Crippen LogP contribution in [-0.4, -0.2) is 47.3 Å². The minimum absolute atomic E-state index is 0.0110. The van der Waals surface area contributed by atoms with E-state index in [4.69, 9.17) is 9.47 Å². The van der Waals surface area contributed by atoms with Gasteiger partial charge in [0.25, 0.3) is 0 Å². The zero-order chi connectivity index (χ0) is 29.9. The number of aliphatic hydroxyl groups excluding tert-OH is 1. The van der Waals surface area contributed by atoms with Crippen molar-refractivity contribution in [2.45, 2.75) is 51.0 Å². The van der Waals surface area contributed by atoms with Crippen molar-refractivity contribution in [1.29, 1.82) is 0 Å². The fraction of sp³-hybridized carbons (Fsp3) is 0.314. The minimum Gasteiger partial charge on any atom is -0.392 e. The SMILES string of the molecule is CN(CCc1ccccn1)C[C@@H]1C[C@H](c2ccc(CO)cc2)O[C@H](c2ccc(CNC(=O)NCc3ccccc3)cc2)O1. The first kappa shape index (κ1) is 30.4. The van der Waals surface area contributed by atoms with E-state index >= 15 is 0 Å². The third-order valence-corrected chi connectivity index (χ3v) is 7.61. The van der Waals surface area contributed by atoms with Gasteiger partial charge in [-0.15, -0.1) is 0 Å². The van der Waals surface area contributed by atoms with Gasteiger partial charge in [-0.2, -0.15) is 0 Å². The number of carbonyl (C=O) groups is 1. The molecule has 8 heteroatoms. The molecular weight excluding hydrogens is 540 g/mol. The molecule has 5 rings (SSSR count). The van der Waals surface area contributed by atoms with Crippen molar-refractivity contribution in [2.24, 2.45) is 0 Å². The van der Waals surface area contributed by atoms with Crippen LogP contribution in [0.2, 0.25) is 0 Å². The first-order valence-electron chi connectivity index (χ1n) is 14.8. The number of rotatable bonds is 12. The molecule has 3 N–H and O–H groups in total. The van der Waals surface area contributed by atoms with Crippen LogP contribution < -0.4 is 10.6 Å². The summed E-state index contributed by atoms with van der Waals surface area (Å²) in [6, 6.07) is 31.5. The topological polar surface area (TPSA) is 96.0 Å². The first-order chi connectivity index (χ1) is 21.1. The van der Waals surface area contributed by atoms with Gasteiger partial charge in [-0.1, -0.05) is 84.9 Å². The number of benzene rings is 3. The number of aliphatic hydroxyl groups is 1. The molecule has 43 heavy (non-hydrogen) atoms. The van der Waals surface area contributed by atoms with Crippen molar-refractivity contribution in [2.75, 3.05) is 20.1 Å². The van der Waals surface area contributed by atoms with Crippen molar-refractivity contribution >= 4 is 6.03 Å². The number of urea groups is 1. The van der Waals surface area contributed by atoms with E-state index in [1.54, 1.807) is 0 Å². The molecule has 224 valence electrons. The Morgan fingerprint density at radius 2 is 1.49 bits per heavy atom. The predicted molar refractivity (Wildman–Crippen MR) is 166 cm³/mol. The lowest BCUT2D eigenvalue weighted by Gasteiger charge is -2.38. The van der Waals surface area contributed by atoms with Gasteiger partial charge in [-0.05, 0) is 41.4 Å². The Balaban J connectivity index is 1.20. The summed E-state index contributed by atoms with van der Waals surface area (Å²) < 4.78 is 13.0. The van der Waals surface area contributed by atoms with Crippen molar-refractivity contribution in [3.63, 3.8) is 0 Å². The van der Waals surface area contributed by atoms with Gasteiger partial charge in [0.2, 0.25) is 0 Å². The highest BCUT2D eigenvalue weighted by Gasteiger charge is 2.32. The van der Waals surface area contributed by atoms with Crippen LogP contribution in [0.5, 0.6) is 0 Å². The number of amides is 2. The largest absolute Gasteiger partial charge is 0.392 e. The van der Waals surface area contributed by atoms with Crippen LogP contribution in [0.4, 0.5) is 4.79 Å². The first-order valence-corrected chi connectivity index (χ1v) is 14.8. The molecule has 0 unspecified atom stereocenters. The van der Waals surface area contributed by atoms with E-state index in [1.165, 1.54) is 0 Å². The lowest BCUT2D eigenvalue weighted by atomic mass is 9.99. The van der Waals surface area contributed by atoms with Crippen LogP contribution in [0.3, 0.4) is 0 Å². The molecule has 0 spiro atoms. The van der Waals surface area contributed by atoms with E-state index in [-0.39, 0.29) is 24.8 Å². The molecule has 0 saturated carbocycles. The highest BCUT2D eigenvalue weighted by Crippen LogP contribution is 2.38. The van der Waals surface area contributed by atoms with Crippen LogP contribution >= 0.6 is 0 Å². The van der Waals surface area contributed by atoms with Crippen molar-refractivity contribution in [3.05, 3.63) is 137 Å². The Hall–Kier alpha value is -4.08. The second-order valence-electron chi connectivity index (χ2n) is 10.9. The quantitative estimate of drug-likeness (QED) is 0.211. The zero-order valence-electron chi connectivity index (χ0n) is 24.6. The lowest BCUT2D eigenvalue weighted by Crippen LogP contribution is -2.38. The van der Waals surface area contributed by atoms with E-state index in [0.29, 0.717) is 13.1 Å². The van der Waals surface area contributed by atoms with Gasteiger partial charge in [0, 0.05) is 56.5 Å². The molecule has 1 saturated heterocycles. The number of aromatic nitrogens is 1. The summed E-state index contributed by atoms with van der Waals surface area (Å²) in [5, 5.41) is 15.3. The molecule has 2 amide bonds. The predicted octanol–water partition coefficient (Wildman–Crippen LogP) is 5.29. The molecule has 1 fully saturated rings. The summed E-state index contributed by atoms with van der Waals surface area (Å²) in [6.07, 6.45) is 2.72. The molecule has 2 heterocycles. The third kappa shape index (κ3) is 9.20. The Bertz CT molecular complexity index is 1400. The van der Waals surface area contributed by atoms with E-state index < -0.39 is 6.29 Å². The summed E-state index contributed by atoms with van der Waals surface area (Å²) in [5.41, 5.74) is 5.97. The Labute approximate surface area is 253 Å². The van der Waals surface area contributed by atoms with Gasteiger partial charge in [-0.25, -0.2) is 4.79 Å². The smallest absolute Gasteiger partial charge is 0.315 e.